The van der Waals surface area contributed by atoms with E-state index in [1.165, 1.54) is 0 Å². The molecule has 1 aromatic carbocycles. The first-order valence-corrected chi connectivity index (χ1v) is 9.20. The third-order valence-corrected chi connectivity index (χ3v) is 4.70. The Hall–Kier alpha value is -2.99. The summed E-state index contributed by atoms with van der Waals surface area (Å²) in [5.41, 5.74) is 2.58. The molecule has 138 valence electrons. The van der Waals surface area contributed by atoms with Crippen molar-refractivity contribution in [3.63, 3.8) is 0 Å². The third kappa shape index (κ3) is 4.41. The molecule has 6 nitrogen and oxygen atoms in total. The Morgan fingerprint density at radius 1 is 1.11 bits per heavy atom. The Balaban J connectivity index is 1.52. The van der Waals surface area contributed by atoms with Crippen molar-refractivity contribution in [2.24, 2.45) is 0 Å². The molecule has 0 amide bonds. The van der Waals surface area contributed by atoms with Crippen LogP contribution in [0.15, 0.2) is 65.7 Å². The molecule has 4 rings (SSSR count). The Morgan fingerprint density at radius 3 is 2.70 bits per heavy atom. The number of anilines is 1. The number of hydrogen-bond acceptors (Lipinski definition) is 5. The second kappa shape index (κ2) is 8.14. The zero-order valence-electron chi connectivity index (χ0n) is 15.0. The van der Waals surface area contributed by atoms with Crippen molar-refractivity contribution >= 4 is 5.95 Å². The number of aromatic nitrogens is 3. The third-order valence-electron chi connectivity index (χ3n) is 4.70. The predicted octanol–water partition coefficient (Wildman–Crippen LogP) is 2.94. The molecule has 1 N–H and O–H groups in total. The van der Waals surface area contributed by atoms with Crippen LogP contribution in [0.2, 0.25) is 0 Å². The summed E-state index contributed by atoms with van der Waals surface area (Å²) in [6, 6.07) is 15.6. The minimum Gasteiger partial charge on any atom is -0.381 e. The maximum Gasteiger partial charge on any atom is 0.251 e. The summed E-state index contributed by atoms with van der Waals surface area (Å²) < 4.78 is 7.08. The lowest BCUT2D eigenvalue weighted by atomic mass is 10.1. The average molecular weight is 362 g/mol. The maximum atomic E-state index is 12.5. The van der Waals surface area contributed by atoms with Crippen LogP contribution in [0.3, 0.4) is 0 Å². The van der Waals surface area contributed by atoms with Gasteiger partial charge in [-0.3, -0.25) is 4.79 Å². The molecule has 27 heavy (non-hydrogen) atoms. The van der Waals surface area contributed by atoms with Gasteiger partial charge in [-0.1, -0.05) is 30.3 Å². The second-order valence-electron chi connectivity index (χ2n) is 6.66. The van der Waals surface area contributed by atoms with E-state index in [1.54, 1.807) is 16.8 Å². The van der Waals surface area contributed by atoms with E-state index in [0.717, 1.165) is 42.9 Å². The zero-order chi connectivity index (χ0) is 18.5. The van der Waals surface area contributed by atoms with Crippen LogP contribution in [0.25, 0.3) is 11.3 Å². The van der Waals surface area contributed by atoms with Gasteiger partial charge in [-0.2, -0.15) is 0 Å². The van der Waals surface area contributed by atoms with Crippen LogP contribution in [0.4, 0.5) is 5.95 Å². The largest absolute Gasteiger partial charge is 0.381 e. The van der Waals surface area contributed by atoms with E-state index < -0.39 is 0 Å². The standard InChI is InChI=1S/C21H22N4O2/c26-20-14-17(7-11-25(20)15-16-4-2-1-3-5-16)19-6-10-22-21(24-19)23-18-8-12-27-13-9-18/h1-7,10-11,14,18H,8-9,12-13,15H2,(H,22,23,24). The van der Waals surface area contributed by atoms with Crippen LogP contribution in [0.1, 0.15) is 18.4 Å². The number of rotatable bonds is 5. The molecule has 3 heterocycles. The Morgan fingerprint density at radius 2 is 1.93 bits per heavy atom. The van der Waals surface area contributed by atoms with Gasteiger partial charge in [0.05, 0.1) is 12.2 Å². The quantitative estimate of drug-likeness (QED) is 0.756. The van der Waals surface area contributed by atoms with E-state index in [9.17, 15) is 4.79 Å². The van der Waals surface area contributed by atoms with Gasteiger partial charge in [-0.05, 0) is 30.5 Å². The van der Waals surface area contributed by atoms with E-state index in [2.05, 4.69) is 15.3 Å². The van der Waals surface area contributed by atoms with Gasteiger partial charge in [-0.15, -0.1) is 0 Å². The molecule has 2 aromatic heterocycles. The number of hydrogen-bond donors (Lipinski definition) is 1. The van der Waals surface area contributed by atoms with Crippen LogP contribution in [-0.4, -0.2) is 33.8 Å². The lowest BCUT2D eigenvalue weighted by Gasteiger charge is -2.23. The molecule has 1 aliphatic rings. The summed E-state index contributed by atoms with van der Waals surface area (Å²) >= 11 is 0. The molecule has 0 aliphatic carbocycles. The summed E-state index contributed by atoms with van der Waals surface area (Å²) in [6.07, 6.45) is 5.43. The Labute approximate surface area is 157 Å². The van der Waals surface area contributed by atoms with Gasteiger partial charge >= 0.3 is 0 Å². The van der Waals surface area contributed by atoms with Gasteiger partial charge in [0.1, 0.15) is 0 Å². The van der Waals surface area contributed by atoms with Crippen molar-refractivity contribution in [2.45, 2.75) is 25.4 Å². The highest BCUT2D eigenvalue weighted by molar-refractivity contribution is 5.59. The molecule has 1 fully saturated rings. The first-order valence-electron chi connectivity index (χ1n) is 9.20. The topological polar surface area (TPSA) is 69.0 Å². The monoisotopic (exact) mass is 362 g/mol. The summed E-state index contributed by atoms with van der Waals surface area (Å²) in [5.74, 6) is 0.591. The van der Waals surface area contributed by atoms with Gasteiger partial charge in [0, 0.05) is 43.3 Å². The minimum atomic E-state index is -0.0473. The molecule has 0 unspecified atom stereocenters. The number of nitrogens with one attached hydrogen (secondary N) is 1. The zero-order valence-corrected chi connectivity index (χ0v) is 15.0. The molecule has 0 saturated carbocycles. The van der Waals surface area contributed by atoms with Gasteiger partial charge in [0.15, 0.2) is 0 Å². The first kappa shape index (κ1) is 17.4. The fourth-order valence-electron chi connectivity index (χ4n) is 3.19. The summed E-state index contributed by atoms with van der Waals surface area (Å²) in [7, 11) is 0. The van der Waals surface area contributed by atoms with Gasteiger partial charge in [0.2, 0.25) is 5.95 Å². The van der Waals surface area contributed by atoms with Crippen molar-refractivity contribution in [1.82, 2.24) is 14.5 Å². The molecule has 1 aliphatic heterocycles. The van der Waals surface area contributed by atoms with Crippen molar-refractivity contribution in [3.05, 3.63) is 76.8 Å². The average Bonchev–Trinajstić information content (AvgIpc) is 2.71. The molecular weight excluding hydrogens is 340 g/mol. The fraction of sp³-hybridized carbons (Fsp3) is 0.286. The normalized spacial score (nSPS) is 14.8. The molecule has 0 spiro atoms. The number of ether oxygens (including phenoxy) is 1. The van der Waals surface area contributed by atoms with Crippen molar-refractivity contribution in [2.75, 3.05) is 18.5 Å². The van der Waals surface area contributed by atoms with E-state index in [1.807, 2.05) is 48.7 Å². The minimum absolute atomic E-state index is 0.0473. The van der Waals surface area contributed by atoms with Gasteiger partial charge in [0.25, 0.3) is 5.56 Å². The molecule has 0 atom stereocenters. The van der Waals surface area contributed by atoms with E-state index in [-0.39, 0.29) is 5.56 Å². The first-order chi connectivity index (χ1) is 13.3. The molecule has 3 aromatic rings. The van der Waals surface area contributed by atoms with Crippen LogP contribution in [0.5, 0.6) is 0 Å². The Bertz CT molecular complexity index is 950. The lowest BCUT2D eigenvalue weighted by Crippen LogP contribution is -2.28. The lowest BCUT2D eigenvalue weighted by molar-refractivity contribution is 0.0903. The predicted molar refractivity (Wildman–Crippen MR) is 105 cm³/mol. The highest BCUT2D eigenvalue weighted by Crippen LogP contribution is 2.18. The number of benzene rings is 1. The van der Waals surface area contributed by atoms with Crippen LogP contribution < -0.4 is 10.9 Å². The van der Waals surface area contributed by atoms with Gasteiger partial charge < -0.3 is 14.6 Å². The van der Waals surface area contributed by atoms with Crippen molar-refractivity contribution in [1.29, 1.82) is 0 Å². The van der Waals surface area contributed by atoms with Crippen LogP contribution >= 0.6 is 0 Å². The van der Waals surface area contributed by atoms with Crippen LogP contribution in [0, 0.1) is 0 Å². The Kier molecular flexibility index (Phi) is 5.25. The molecule has 0 radical (unpaired) electrons. The van der Waals surface area contributed by atoms with E-state index >= 15 is 0 Å². The summed E-state index contributed by atoms with van der Waals surface area (Å²) in [4.78, 5) is 21.4. The fourth-order valence-corrected chi connectivity index (χ4v) is 3.19. The van der Waals surface area contributed by atoms with Gasteiger partial charge in [-0.25, -0.2) is 9.97 Å². The van der Waals surface area contributed by atoms with E-state index in [0.29, 0.717) is 18.5 Å². The van der Waals surface area contributed by atoms with Crippen LogP contribution in [-0.2, 0) is 11.3 Å². The molecule has 0 bridgehead atoms. The van der Waals surface area contributed by atoms with Crippen molar-refractivity contribution < 1.29 is 4.74 Å². The highest BCUT2D eigenvalue weighted by atomic mass is 16.5. The molecular formula is C21H22N4O2. The highest BCUT2D eigenvalue weighted by Gasteiger charge is 2.14. The molecule has 6 heteroatoms. The second-order valence-corrected chi connectivity index (χ2v) is 6.66. The van der Waals surface area contributed by atoms with E-state index in [4.69, 9.17) is 4.74 Å². The maximum absolute atomic E-state index is 12.5. The molecule has 1 saturated heterocycles. The summed E-state index contributed by atoms with van der Waals surface area (Å²) in [5, 5.41) is 3.36. The number of nitrogens with zero attached hydrogens (tertiary/aromatic N) is 3. The smallest absolute Gasteiger partial charge is 0.251 e. The SMILES string of the molecule is O=c1cc(-c2ccnc(NC3CCOCC3)n2)ccn1Cc1ccccc1. The number of pyridine rings is 1. The van der Waals surface area contributed by atoms with Crippen molar-refractivity contribution in [3.8, 4) is 11.3 Å². The summed E-state index contributed by atoms with van der Waals surface area (Å²) in [6.45, 7) is 2.08.